The summed E-state index contributed by atoms with van der Waals surface area (Å²) in [7, 11) is 0. The van der Waals surface area contributed by atoms with E-state index in [9.17, 15) is 4.79 Å². The van der Waals surface area contributed by atoms with E-state index in [1.165, 1.54) is 5.56 Å². The highest BCUT2D eigenvalue weighted by molar-refractivity contribution is 5.88. The molecule has 2 heterocycles. The fourth-order valence-electron chi connectivity index (χ4n) is 2.60. The van der Waals surface area contributed by atoms with Crippen LogP contribution in [0.25, 0.3) is 28.4 Å². The molecule has 0 atom stereocenters. The summed E-state index contributed by atoms with van der Waals surface area (Å²) in [6, 6.07) is 12.4. The maximum atomic E-state index is 10.6. The Hall–Kier alpha value is -2.88. The predicted octanol–water partition coefficient (Wildman–Crippen LogP) is 4.63. The van der Waals surface area contributed by atoms with Crippen LogP contribution >= 0.6 is 0 Å². The lowest BCUT2D eigenvalue weighted by Crippen LogP contribution is -2.10. The van der Waals surface area contributed by atoms with E-state index in [0.29, 0.717) is 0 Å². The maximum absolute atomic E-state index is 10.6. The molecule has 0 bridgehead atoms. The molecule has 0 saturated carbocycles. The minimum Gasteiger partial charge on any atom is -0.478 e. The first-order valence-corrected chi connectivity index (χ1v) is 7.83. The summed E-state index contributed by atoms with van der Waals surface area (Å²) in [5, 5.41) is 9.68. The third-order valence-corrected chi connectivity index (χ3v) is 3.95. The molecule has 1 aromatic carbocycles. The number of H-pyrrole nitrogens is 1. The molecule has 0 fully saturated rings. The number of rotatable bonds is 3. The highest BCUT2D eigenvalue weighted by Gasteiger charge is 2.14. The van der Waals surface area contributed by atoms with Crippen molar-refractivity contribution in [1.82, 2.24) is 9.97 Å². The van der Waals surface area contributed by atoms with Crippen molar-refractivity contribution < 1.29 is 9.90 Å². The Bertz CT molecular complexity index is 930. The Morgan fingerprint density at radius 2 is 2.00 bits per heavy atom. The molecule has 3 aromatic rings. The van der Waals surface area contributed by atoms with Crippen molar-refractivity contribution in [2.75, 3.05) is 0 Å². The third kappa shape index (κ3) is 3.38. The van der Waals surface area contributed by atoms with Crippen molar-refractivity contribution in [2.24, 2.45) is 0 Å². The van der Waals surface area contributed by atoms with Crippen LogP contribution in [0.15, 0.2) is 48.7 Å². The summed E-state index contributed by atoms with van der Waals surface area (Å²) in [6.07, 6.45) is 4.32. The molecular formula is C20H20N2O2. The number of carbonyl (C=O) groups is 1. The van der Waals surface area contributed by atoms with Crippen LogP contribution in [-0.2, 0) is 10.2 Å². The van der Waals surface area contributed by atoms with Crippen LogP contribution in [0.1, 0.15) is 31.9 Å². The van der Waals surface area contributed by atoms with Crippen LogP contribution < -0.4 is 0 Å². The lowest BCUT2D eigenvalue weighted by molar-refractivity contribution is -0.131. The zero-order valence-corrected chi connectivity index (χ0v) is 14.0. The summed E-state index contributed by atoms with van der Waals surface area (Å²) in [5.41, 5.74) is 5.04. The number of aliphatic carboxylic acids is 1. The topological polar surface area (TPSA) is 66.0 Å². The number of carboxylic acid groups (broad SMARTS) is 1. The number of pyridine rings is 1. The minimum atomic E-state index is -0.969. The fraction of sp³-hybridized carbons (Fsp3) is 0.200. The van der Waals surface area contributed by atoms with Gasteiger partial charge in [-0.2, -0.15) is 0 Å². The van der Waals surface area contributed by atoms with Gasteiger partial charge in [-0.3, -0.25) is 0 Å². The molecule has 2 aromatic heterocycles. The first kappa shape index (κ1) is 16.0. The molecule has 24 heavy (non-hydrogen) atoms. The van der Waals surface area contributed by atoms with Gasteiger partial charge in [0.25, 0.3) is 0 Å². The van der Waals surface area contributed by atoms with E-state index in [1.807, 2.05) is 12.1 Å². The van der Waals surface area contributed by atoms with Crippen LogP contribution in [0, 0.1) is 0 Å². The molecule has 3 rings (SSSR count). The highest BCUT2D eigenvalue weighted by Crippen LogP contribution is 2.29. The Kier molecular flexibility index (Phi) is 3.97. The van der Waals surface area contributed by atoms with Gasteiger partial charge < -0.3 is 10.1 Å². The second kappa shape index (κ2) is 5.96. The van der Waals surface area contributed by atoms with Crippen molar-refractivity contribution in [2.45, 2.75) is 26.2 Å². The van der Waals surface area contributed by atoms with Gasteiger partial charge in [0.05, 0.1) is 0 Å². The molecule has 4 nitrogen and oxygen atoms in total. The van der Waals surface area contributed by atoms with Gasteiger partial charge in [0, 0.05) is 23.4 Å². The second-order valence-corrected chi connectivity index (χ2v) is 6.89. The Morgan fingerprint density at radius 1 is 1.21 bits per heavy atom. The standard InChI is InChI=1S/C20H20N2O2/c1-20(2,3)16-6-4-5-14(10-16)17-11-15-9-13(7-8-18(23)24)12-21-19(15)22-17/h4-12H,1-3H3,(H,21,22)(H,23,24)/b8-7+. The number of fused-ring (bicyclic) bond motifs is 1. The number of benzene rings is 1. The summed E-state index contributed by atoms with van der Waals surface area (Å²) < 4.78 is 0. The van der Waals surface area contributed by atoms with E-state index in [2.05, 4.69) is 55.0 Å². The molecule has 2 N–H and O–H groups in total. The van der Waals surface area contributed by atoms with Gasteiger partial charge in [0.2, 0.25) is 0 Å². The first-order chi connectivity index (χ1) is 11.3. The molecule has 0 aliphatic heterocycles. The van der Waals surface area contributed by atoms with Crippen LogP contribution in [-0.4, -0.2) is 21.0 Å². The van der Waals surface area contributed by atoms with Gasteiger partial charge in [-0.25, -0.2) is 9.78 Å². The molecule has 0 aliphatic rings. The highest BCUT2D eigenvalue weighted by atomic mass is 16.4. The number of carboxylic acids is 1. The molecular weight excluding hydrogens is 300 g/mol. The zero-order valence-electron chi connectivity index (χ0n) is 14.0. The van der Waals surface area contributed by atoms with E-state index in [0.717, 1.165) is 33.9 Å². The number of hydrogen-bond acceptors (Lipinski definition) is 2. The maximum Gasteiger partial charge on any atom is 0.328 e. The molecule has 0 unspecified atom stereocenters. The van der Waals surface area contributed by atoms with Gasteiger partial charge in [-0.1, -0.05) is 39.0 Å². The lowest BCUT2D eigenvalue weighted by atomic mass is 9.86. The number of nitrogens with one attached hydrogen (secondary N) is 1. The Balaban J connectivity index is 2.01. The Morgan fingerprint density at radius 3 is 2.71 bits per heavy atom. The number of nitrogens with zero attached hydrogens (tertiary/aromatic N) is 1. The molecule has 0 radical (unpaired) electrons. The normalized spacial score (nSPS) is 12.1. The predicted molar refractivity (Wildman–Crippen MR) is 96.9 cm³/mol. The fourth-order valence-corrected chi connectivity index (χ4v) is 2.60. The van der Waals surface area contributed by atoms with Gasteiger partial charge >= 0.3 is 5.97 Å². The average molecular weight is 320 g/mol. The van der Waals surface area contributed by atoms with Gasteiger partial charge in [-0.15, -0.1) is 0 Å². The van der Waals surface area contributed by atoms with Crippen molar-refractivity contribution in [1.29, 1.82) is 0 Å². The van der Waals surface area contributed by atoms with E-state index in [1.54, 1.807) is 12.3 Å². The summed E-state index contributed by atoms with van der Waals surface area (Å²) in [4.78, 5) is 18.3. The van der Waals surface area contributed by atoms with E-state index in [4.69, 9.17) is 5.11 Å². The SMILES string of the molecule is CC(C)(C)c1cccc(-c2cc3cc(/C=C/C(=O)O)cnc3[nH]2)c1. The molecule has 0 spiro atoms. The quantitative estimate of drug-likeness (QED) is 0.692. The van der Waals surface area contributed by atoms with Crippen molar-refractivity contribution in [3.63, 3.8) is 0 Å². The zero-order chi connectivity index (χ0) is 17.3. The molecule has 0 aliphatic carbocycles. The van der Waals surface area contributed by atoms with E-state index < -0.39 is 5.97 Å². The largest absolute Gasteiger partial charge is 0.478 e. The van der Waals surface area contributed by atoms with Gasteiger partial charge in [0.1, 0.15) is 5.65 Å². The Labute approximate surface area is 140 Å². The first-order valence-electron chi connectivity index (χ1n) is 7.83. The minimum absolute atomic E-state index is 0.0923. The number of hydrogen-bond donors (Lipinski definition) is 2. The third-order valence-electron chi connectivity index (χ3n) is 3.95. The molecule has 122 valence electrons. The number of aromatic amines is 1. The summed E-state index contributed by atoms with van der Waals surface area (Å²) >= 11 is 0. The summed E-state index contributed by atoms with van der Waals surface area (Å²) in [5.74, 6) is -0.969. The van der Waals surface area contributed by atoms with Crippen LogP contribution in [0.4, 0.5) is 0 Å². The smallest absolute Gasteiger partial charge is 0.328 e. The summed E-state index contributed by atoms with van der Waals surface area (Å²) in [6.45, 7) is 6.58. The van der Waals surface area contributed by atoms with Crippen molar-refractivity contribution >= 4 is 23.1 Å². The average Bonchev–Trinajstić information content (AvgIpc) is 2.95. The lowest BCUT2D eigenvalue weighted by Gasteiger charge is -2.19. The van der Waals surface area contributed by atoms with Crippen molar-refractivity contribution in [3.05, 3.63) is 59.8 Å². The van der Waals surface area contributed by atoms with Gasteiger partial charge in [-0.05, 0) is 46.4 Å². The van der Waals surface area contributed by atoms with Crippen molar-refractivity contribution in [3.8, 4) is 11.3 Å². The van der Waals surface area contributed by atoms with Gasteiger partial charge in [0.15, 0.2) is 0 Å². The van der Waals surface area contributed by atoms with Crippen LogP contribution in [0.3, 0.4) is 0 Å². The van der Waals surface area contributed by atoms with E-state index >= 15 is 0 Å². The second-order valence-electron chi connectivity index (χ2n) is 6.89. The number of aromatic nitrogens is 2. The molecule has 0 saturated heterocycles. The van der Waals surface area contributed by atoms with Crippen LogP contribution in [0.5, 0.6) is 0 Å². The van der Waals surface area contributed by atoms with Crippen LogP contribution in [0.2, 0.25) is 0 Å². The van der Waals surface area contributed by atoms with E-state index in [-0.39, 0.29) is 5.41 Å². The monoisotopic (exact) mass is 320 g/mol. The molecule has 0 amide bonds. The molecule has 4 heteroatoms.